The fourth-order valence-electron chi connectivity index (χ4n) is 3.00. The number of nitrogens with zero attached hydrogens (tertiary/aromatic N) is 3. The van der Waals surface area contributed by atoms with E-state index in [1.165, 1.54) is 12.1 Å². The number of hydrogen-bond acceptors (Lipinski definition) is 4. The minimum Gasteiger partial charge on any atom is -0.338 e. The first-order valence-electron chi connectivity index (χ1n) is 7.65. The maximum Gasteiger partial charge on any atom is 0.269 e. The van der Waals surface area contributed by atoms with Crippen molar-refractivity contribution in [1.82, 2.24) is 9.80 Å². The van der Waals surface area contributed by atoms with Gasteiger partial charge in [0.15, 0.2) is 0 Å². The number of piperidine rings is 1. The van der Waals surface area contributed by atoms with E-state index in [1.54, 1.807) is 12.1 Å². The number of rotatable bonds is 5. The highest BCUT2D eigenvalue weighted by Crippen LogP contribution is 2.20. The standard InChI is InChI=1S/C16H23N3O3/c1-17(2)12-15-7-3-4-9-18(15)16(20)11-13-6-5-8-14(10-13)19(21)22/h5-6,8,10,15H,3-4,7,9,11-12H2,1-2H3. The summed E-state index contributed by atoms with van der Waals surface area (Å²) in [4.78, 5) is 27.0. The summed E-state index contributed by atoms with van der Waals surface area (Å²) in [7, 11) is 4.02. The predicted molar refractivity (Wildman–Crippen MR) is 84.7 cm³/mol. The molecule has 0 aliphatic carbocycles. The minimum atomic E-state index is -0.427. The zero-order valence-corrected chi connectivity index (χ0v) is 13.2. The summed E-state index contributed by atoms with van der Waals surface area (Å²) in [6.07, 6.45) is 3.44. The second-order valence-corrected chi connectivity index (χ2v) is 6.10. The first-order chi connectivity index (χ1) is 10.5. The number of carbonyl (C=O) groups is 1. The van der Waals surface area contributed by atoms with E-state index in [0.717, 1.165) is 32.4 Å². The Balaban J connectivity index is 2.06. The Kier molecular flexibility index (Phi) is 5.49. The Bertz CT molecular complexity index is 545. The summed E-state index contributed by atoms with van der Waals surface area (Å²) < 4.78 is 0. The van der Waals surface area contributed by atoms with Crippen LogP contribution in [-0.2, 0) is 11.2 Å². The van der Waals surface area contributed by atoms with Crippen LogP contribution in [0.4, 0.5) is 5.69 Å². The van der Waals surface area contributed by atoms with Crippen molar-refractivity contribution in [3.05, 3.63) is 39.9 Å². The fraction of sp³-hybridized carbons (Fsp3) is 0.562. The Labute approximate surface area is 130 Å². The number of amides is 1. The monoisotopic (exact) mass is 305 g/mol. The topological polar surface area (TPSA) is 66.7 Å². The molecule has 2 rings (SSSR count). The van der Waals surface area contributed by atoms with Gasteiger partial charge in [-0.2, -0.15) is 0 Å². The average Bonchev–Trinajstić information content (AvgIpc) is 2.47. The molecule has 1 aliphatic heterocycles. The maximum atomic E-state index is 12.6. The van der Waals surface area contributed by atoms with E-state index in [4.69, 9.17) is 0 Å². The normalized spacial score (nSPS) is 18.5. The van der Waals surface area contributed by atoms with Gasteiger partial charge < -0.3 is 9.80 Å². The van der Waals surface area contributed by atoms with Crippen LogP contribution in [0.25, 0.3) is 0 Å². The van der Waals surface area contributed by atoms with Crippen molar-refractivity contribution < 1.29 is 9.72 Å². The van der Waals surface area contributed by atoms with Crippen molar-refractivity contribution in [3.8, 4) is 0 Å². The molecule has 6 nitrogen and oxygen atoms in total. The Morgan fingerprint density at radius 3 is 2.86 bits per heavy atom. The van der Waals surface area contributed by atoms with Crippen LogP contribution in [0.15, 0.2) is 24.3 Å². The van der Waals surface area contributed by atoms with E-state index >= 15 is 0 Å². The van der Waals surface area contributed by atoms with Gasteiger partial charge in [-0.15, -0.1) is 0 Å². The number of nitro groups is 1. The van der Waals surface area contributed by atoms with E-state index in [2.05, 4.69) is 4.90 Å². The SMILES string of the molecule is CN(C)CC1CCCCN1C(=O)Cc1cccc([N+](=O)[O-])c1. The molecule has 1 saturated heterocycles. The molecule has 0 bridgehead atoms. The third kappa shape index (κ3) is 4.27. The number of likely N-dealkylation sites (tertiary alicyclic amines) is 1. The molecule has 0 radical (unpaired) electrons. The Morgan fingerprint density at radius 1 is 1.41 bits per heavy atom. The lowest BCUT2D eigenvalue weighted by Gasteiger charge is -2.37. The molecular weight excluding hydrogens is 282 g/mol. The van der Waals surface area contributed by atoms with Gasteiger partial charge in [0.05, 0.1) is 11.3 Å². The van der Waals surface area contributed by atoms with Crippen LogP contribution in [0.5, 0.6) is 0 Å². The molecule has 120 valence electrons. The van der Waals surface area contributed by atoms with Gasteiger partial charge >= 0.3 is 0 Å². The Hall–Kier alpha value is -1.95. The first-order valence-corrected chi connectivity index (χ1v) is 7.65. The van der Waals surface area contributed by atoms with Crippen molar-refractivity contribution in [2.24, 2.45) is 0 Å². The van der Waals surface area contributed by atoms with Crippen LogP contribution in [0.2, 0.25) is 0 Å². The van der Waals surface area contributed by atoms with Crippen molar-refractivity contribution in [2.45, 2.75) is 31.7 Å². The summed E-state index contributed by atoms with van der Waals surface area (Å²) in [5, 5.41) is 10.8. The van der Waals surface area contributed by atoms with Crippen molar-refractivity contribution in [3.63, 3.8) is 0 Å². The molecule has 1 atom stereocenters. The number of carbonyl (C=O) groups excluding carboxylic acids is 1. The largest absolute Gasteiger partial charge is 0.338 e. The maximum absolute atomic E-state index is 12.6. The molecule has 0 aromatic heterocycles. The molecule has 1 amide bonds. The van der Waals surface area contributed by atoms with Gasteiger partial charge in [0.2, 0.25) is 5.91 Å². The quantitative estimate of drug-likeness (QED) is 0.617. The minimum absolute atomic E-state index is 0.0359. The first kappa shape index (κ1) is 16.4. The smallest absolute Gasteiger partial charge is 0.269 e. The molecule has 1 heterocycles. The molecule has 1 fully saturated rings. The molecule has 1 aliphatic rings. The molecule has 6 heteroatoms. The second-order valence-electron chi connectivity index (χ2n) is 6.10. The molecular formula is C16H23N3O3. The van der Waals surface area contributed by atoms with Crippen molar-refractivity contribution >= 4 is 11.6 Å². The van der Waals surface area contributed by atoms with E-state index in [0.29, 0.717) is 5.56 Å². The predicted octanol–water partition coefficient (Wildman–Crippen LogP) is 2.08. The van der Waals surface area contributed by atoms with E-state index in [9.17, 15) is 14.9 Å². The van der Waals surface area contributed by atoms with Crippen LogP contribution in [0.3, 0.4) is 0 Å². The van der Waals surface area contributed by atoms with Gasteiger partial charge in [0, 0.05) is 31.3 Å². The van der Waals surface area contributed by atoms with Crippen molar-refractivity contribution in [1.29, 1.82) is 0 Å². The van der Waals surface area contributed by atoms with E-state index in [1.807, 2.05) is 19.0 Å². The summed E-state index contributed by atoms with van der Waals surface area (Å²) >= 11 is 0. The number of benzene rings is 1. The lowest BCUT2D eigenvalue weighted by molar-refractivity contribution is -0.384. The molecule has 1 unspecified atom stereocenters. The van der Waals surface area contributed by atoms with E-state index < -0.39 is 4.92 Å². The number of likely N-dealkylation sites (N-methyl/N-ethyl adjacent to an activating group) is 1. The average molecular weight is 305 g/mol. The van der Waals surface area contributed by atoms with Crippen molar-refractivity contribution in [2.75, 3.05) is 27.2 Å². The Morgan fingerprint density at radius 2 is 2.18 bits per heavy atom. The molecule has 0 spiro atoms. The highest BCUT2D eigenvalue weighted by atomic mass is 16.6. The van der Waals surface area contributed by atoms with Gasteiger partial charge in [-0.05, 0) is 38.9 Å². The van der Waals surface area contributed by atoms with Crippen LogP contribution >= 0.6 is 0 Å². The summed E-state index contributed by atoms with van der Waals surface area (Å²) in [6.45, 7) is 1.65. The van der Waals surface area contributed by atoms with Crippen LogP contribution in [0, 0.1) is 10.1 Å². The van der Waals surface area contributed by atoms with Gasteiger partial charge in [0.25, 0.3) is 5.69 Å². The number of nitro benzene ring substituents is 1. The highest BCUT2D eigenvalue weighted by Gasteiger charge is 2.27. The zero-order valence-electron chi connectivity index (χ0n) is 13.2. The van der Waals surface area contributed by atoms with Crippen LogP contribution in [0.1, 0.15) is 24.8 Å². The third-order valence-corrected chi connectivity index (χ3v) is 4.00. The number of hydrogen-bond donors (Lipinski definition) is 0. The molecule has 1 aromatic rings. The van der Waals surface area contributed by atoms with Gasteiger partial charge in [-0.3, -0.25) is 14.9 Å². The van der Waals surface area contributed by atoms with Gasteiger partial charge in [-0.1, -0.05) is 12.1 Å². The zero-order chi connectivity index (χ0) is 16.1. The lowest BCUT2D eigenvalue weighted by atomic mass is 10.00. The van der Waals surface area contributed by atoms with E-state index in [-0.39, 0.29) is 24.1 Å². The summed E-state index contributed by atoms with van der Waals surface area (Å²) in [5.74, 6) is 0.0621. The highest BCUT2D eigenvalue weighted by molar-refractivity contribution is 5.79. The molecule has 22 heavy (non-hydrogen) atoms. The number of non-ortho nitro benzene ring substituents is 1. The second kappa shape index (κ2) is 7.35. The van der Waals surface area contributed by atoms with Crippen LogP contribution in [-0.4, -0.2) is 53.9 Å². The fourth-order valence-corrected chi connectivity index (χ4v) is 3.00. The van der Waals surface area contributed by atoms with Gasteiger partial charge in [-0.25, -0.2) is 0 Å². The summed E-state index contributed by atoms with van der Waals surface area (Å²) in [6, 6.07) is 6.59. The van der Waals surface area contributed by atoms with Crippen LogP contribution < -0.4 is 0 Å². The third-order valence-electron chi connectivity index (χ3n) is 4.00. The molecule has 1 aromatic carbocycles. The van der Waals surface area contributed by atoms with Gasteiger partial charge in [0.1, 0.15) is 0 Å². The lowest BCUT2D eigenvalue weighted by Crippen LogP contribution is -2.48. The molecule has 0 N–H and O–H groups in total. The molecule has 0 saturated carbocycles. The summed E-state index contributed by atoms with van der Waals surface area (Å²) in [5.41, 5.74) is 0.738.